The van der Waals surface area contributed by atoms with Gasteiger partial charge >= 0.3 is 6.03 Å². The summed E-state index contributed by atoms with van der Waals surface area (Å²) in [5, 5.41) is 6.34. The Kier molecular flexibility index (Phi) is 5.31. The van der Waals surface area contributed by atoms with E-state index in [4.69, 9.17) is 0 Å². The van der Waals surface area contributed by atoms with Crippen LogP contribution in [0.3, 0.4) is 0 Å². The second-order valence-electron chi connectivity index (χ2n) is 8.63. The second-order valence-corrected chi connectivity index (χ2v) is 8.63. The molecule has 0 saturated heterocycles. The number of nitrogens with one attached hydrogen (secondary N) is 2. The van der Waals surface area contributed by atoms with Gasteiger partial charge in [0.2, 0.25) is 0 Å². The smallest absolute Gasteiger partial charge is 0.318 e. The average Bonchev–Trinajstić information content (AvgIpc) is 3.10. The third kappa shape index (κ3) is 4.06. The fraction of sp³-hybridized carbons (Fsp3) is 0.280. The zero-order chi connectivity index (χ0) is 22.2. The van der Waals surface area contributed by atoms with E-state index in [0.29, 0.717) is 18.5 Å². The minimum atomic E-state index is -0.564. The Labute approximate surface area is 182 Å². The first-order chi connectivity index (χ1) is 14.8. The molecule has 3 aromatic rings. The lowest BCUT2D eigenvalue weighted by molar-refractivity contribution is 0.181. The van der Waals surface area contributed by atoms with E-state index in [-0.39, 0.29) is 18.1 Å². The van der Waals surface area contributed by atoms with Crippen molar-refractivity contribution in [1.82, 2.24) is 20.0 Å². The number of hydrogen-bond acceptors (Lipinski definition) is 2. The van der Waals surface area contributed by atoms with E-state index < -0.39 is 5.54 Å². The maximum atomic E-state index is 13.1. The quantitative estimate of drug-likeness (QED) is 0.669. The Morgan fingerprint density at radius 1 is 1.13 bits per heavy atom. The van der Waals surface area contributed by atoms with Crippen molar-refractivity contribution in [1.29, 1.82) is 0 Å². The van der Waals surface area contributed by atoms with Crippen molar-refractivity contribution in [2.75, 3.05) is 6.54 Å². The number of urea groups is 1. The zero-order valence-electron chi connectivity index (χ0n) is 18.2. The highest BCUT2D eigenvalue weighted by molar-refractivity contribution is 5.76. The van der Waals surface area contributed by atoms with Gasteiger partial charge in [-0.15, -0.1) is 0 Å². The number of fused-ring (bicyclic) bond motifs is 1. The summed E-state index contributed by atoms with van der Waals surface area (Å²) >= 11 is 0. The molecule has 0 fully saturated rings. The first-order valence-corrected chi connectivity index (χ1v) is 10.5. The van der Waals surface area contributed by atoms with Gasteiger partial charge in [-0.2, -0.15) is 0 Å². The molecule has 1 aliphatic heterocycles. The average molecular weight is 417 g/mol. The highest BCUT2D eigenvalue weighted by atomic mass is 16.2. The van der Waals surface area contributed by atoms with Gasteiger partial charge in [-0.3, -0.25) is 9.89 Å². The van der Waals surface area contributed by atoms with E-state index in [0.717, 1.165) is 28.1 Å². The molecule has 0 aliphatic carbocycles. The molecule has 4 rings (SSSR count). The van der Waals surface area contributed by atoms with Gasteiger partial charge in [-0.05, 0) is 50.1 Å². The lowest BCUT2D eigenvalue weighted by Crippen LogP contribution is -2.50. The van der Waals surface area contributed by atoms with Crippen molar-refractivity contribution < 1.29 is 4.79 Å². The van der Waals surface area contributed by atoms with Crippen LogP contribution in [0.1, 0.15) is 43.2 Å². The van der Waals surface area contributed by atoms with Crippen LogP contribution in [-0.4, -0.2) is 27.3 Å². The monoisotopic (exact) mass is 416 g/mol. The maximum Gasteiger partial charge on any atom is 0.318 e. The van der Waals surface area contributed by atoms with E-state index in [9.17, 15) is 9.59 Å². The summed E-state index contributed by atoms with van der Waals surface area (Å²) in [7, 11) is 0. The number of carbonyl (C=O) groups is 1. The van der Waals surface area contributed by atoms with Crippen LogP contribution in [0.2, 0.25) is 0 Å². The van der Waals surface area contributed by atoms with Gasteiger partial charge in [0, 0.05) is 18.7 Å². The van der Waals surface area contributed by atoms with E-state index in [2.05, 4.69) is 23.1 Å². The molecular formula is C25H28N4O2. The minimum absolute atomic E-state index is 0.105. The number of allylic oxidation sites excluding steroid dienone is 1. The fourth-order valence-electron chi connectivity index (χ4n) is 3.93. The summed E-state index contributed by atoms with van der Waals surface area (Å²) in [4.78, 5) is 27.7. The minimum Gasteiger partial charge on any atom is -0.329 e. The lowest BCUT2D eigenvalue weighted by Gasteiger charge is -2.33. The molecule has 0 spiro atoms. The number of nitrogens with zero attached hydrogens (tertiary/aromatic N) is 2. The first kappa shape index (κ1) is 20.7. The molecule has 2 heterocycles. The van der Waals surface area contributed by atoms with Crippen molar-refractivity contribution in [3.8, 4) is 5.69 Å². The summed E-state index contributed by atoms with van der Waals surface area (Å²) in [6, 6.07) is 17.4. The largest absolute Gasteiger partial charge is 0.329 e. The van der Waals surface area contributed by atoms with E-state index in [1.165, 1.54) is 0 Å². The van der Waals surface area contributed by atoms with Crippen molar-refractivity contribution in [2.45, 2.75) is 39.3 Å². The second kappa shape index (κ2) is 7.95. The Morgan fingerprint density at radius 2 is 1.87 bits per heavy atom. The third-order valence-corrected chi connectivity index (χ3v) is 5.85. The maximum absolute atomic E-state index is 13.1. The van der Waals surface area contributed by atoms with Gasteiger partial charge in [-0.25, -0.2) is 9.48 Å². The van der Waals surface area contributed by atoms with Crippen LogP contribution in [0.5, 0.6) is 0 Å². The van der Waals surface area contributed by atoms with E-state index >= 15 is 0 Å². The molecule has 0 bridgehead atoms. The summed E-state index contributed by atoms with van der Waals surface area (Å²) in [5.74, 6) is 0. The number of amides is 2. The Bertz CT molecular complexity index is 1190. The van der Waals surface area contributed by atoms with Crippen molar-refractivity contribution in [3.05, 3.63) is 93.9 Å². The molecule has 6 nitrogen and oxygen atoms in total. The molecule has 0 unspecified atom stereocenters. The van der Waals surface area contributed by atoms with Gasteiger partial charge in [0.05, 0.1) is 23.3 Å². The third-order valence-electron chi connectivity index (χ3n) is 5.85. The number of aromatic nitrogens is 2. The van der Waals surface area contributed by atoms with Crippen molar-refractivity contribution in [2.24, 2.45) is 0 Å². The molecule has 2 aromatic carbocycles. The van der Waals surface area contributed by atoms with Crippen LogP contribution < -0.4 is 10.9 Å². The van der Waals surface area contributed by atoms with Crippen molar-refractivity contribution in [3.63, 3.8) is 0 Å². The number of para-hydroxylation sites is 1. The van der Waals surface area contributed by atoms with Crippen LogP contribution in [-0.2, 0) is 18.5 Å². The van der Waals surface area contributed by atoms with Crippen LogP contribution in [0.25, 0.3) is 11.3 Å². The Hall–Kier alpha value is -3.54. The summed E-state index contributed by atoms with van der Waals surface area (Å²) in [5.41, 5.74) is 4.70. The Morgan fingerprint density at radius 3 is 2.58 bits per heavy atom. The SMILES string of the molecule is C=C(C)c1cccc(C(C)(C)NC(=O)N2CCc3[nH]n(-c4ccccc4)c(=O)c3C2)c1. The number of aromatic amines is 1. The number of benzene rings is 2. The van der Waals surface area contributed by atoms with Gasteiger partial charge < -0.3 is 10.2 Å². The molecule has 0 atom stereocenters. The van der Waals surface area contributed by atoms with E-state index in [1.807, 2.05) is 69.3 Å². The van der Waals surface area contributed by atoms with Crippen LogP contribution >= 0.6 is 0 Å². The van der Waals surface area contributed by atoms with Crippen LogP contribution in [0.15, 0.2) is 66.0 Å². The number of rotatable bonds is 4. The van der Waals surface area contributed by atoms with Gasteiger partial charge in [0.15, 0.2) is 0 Å². The highest BCUT2D eigenvalue weighted by Crippen LogP contribution is 2.24. The molecule has 6 heteroatoms. The standard InChI is InChI=1S/C25H28N4O2/c1-17(2)18-9-8-10-19(15-18)25(3,4)26-24(31)28-14-13-22-21(16-28)23(30)29(27-22)20-11-6-5-7-12-20/h5-12,15,27H,1,13-14,16H2,2-4H3,(H,26,31). The molecular weight excluding hydrogens is 388 g/mol. The van der Waals surface area contributed by atoms with Gasteiger partial charge in [0.25, 0.3) is 5.56 Å². The predicted octanol–water partition coefficient (Wildman–Crippen LogP) is 4.20. The normalized spacial score (nSPS) is 13.6. The Balaban J connectivity index is 1.53. The molecule has 2 N–H and O–H groups in total. The fourth-order valence-corrected chi connectivity index (χ4v) is 3.93. The molecule has 31 heavy (non-hydrogen) atoms. The highest BCUT2D eigenvalue weighted by Gasteiger charge is 2.30. The van der Waals surface area contributed by atoms with Crippen LogP contribution in [0.4, 0.5) is 4.79 Å². The molecule has 160 valence electrons. The topological polar surface area (TPSA) is 70.1 Å². The molecule has 1 aliphatic rings. The molecule has 1 aromatic heterocycles. The number of H-pyrrole nitrogens is 1. The lowest BCUT2D eigenvalue weighted by atomic mass is 9.91. The molecule has 2 amide bonds. The first-order valence-electron chi connectivity index (χ1n) is 10.5. The summed E-state index contributed by atoms with van der Waals surface area (Å²) in [6.45, 7) is 10.8. The predicted molar refractivity (Wildman–Crippen MR) is 123 cm³/mol. The zero-order valence-corrected chi connectivity index (χ0v) is 18.2. The van der Waals surface area contributed by atoms with E-state index in [1.54, 1.807) is 9.58 Å². The molecule has 0 saturated carbocycles. The number of carbonyl (C=O) groups excluding carboxylic acids is 1. The van der Waals surface area contributed by atoms with Crippen molar-refractivity contribution >= 4 is 11.6 Å². The summed E-state index contributed by atoms with van der Waals surface area (Å²) < 4.78 is 1.55. The van der Waals surface area contributed by atoms with Crippen LogP contribution in [0, 0.1) is 0 Å². The summed E-state index contributed by atoms with van der Waals surface area (Å²) in [6.07, 6.45) is 0.614. The number of hydrogen-bond donors (Lipinski definition) is 2. The molecule has 0 radical (unpaired) electrons. The van der Waals surface area contributed by atoms with Gasteiger partial charge in [-0.1, -0.05) is 48.6 Å². The van der Waals surface area contributed by atoms with Gasteiger partial charge in [0.1, 0.15) is 0 Å².